The Morgan fingerprint density at radius 3 is 2.33 bits per heavy atom. The van der Waals surface area contributed by atoms with E-state index in [-0.39, 0.29) is 27.9 Å². The fourth-order valence-electron chi connectivity index (χ4n) is 2.05. The van der Waals surface area contributed by atoms with Gasteiger partial charge >= 0.3 is 0 Å². The number of aryl methyl sites for hydroxylation is 1. The summed E-state index contributed by atoms with van der Waals surface area (Å²) in [5.74, 6) is 0. The molecule has 0 N–H and O–H groups in total. The number of hydrogen-bond acceptors (Lipinski definition) is 4. The number of nitro groups is 1. The van der Waals surface area contributed by atoms with Gasteiger partial charge < -0.3 is 0 Å². The summed E-state index contributed by atoms with van der Waals surface area (Å²) in [6.07, 6.45) is 0.175. The van der Waals surface area contributed by atoms with Gasteiger partial charge in [0.2, 0.25) is 0 Å². The van der Waals surface area contributed by atoms with Crippen molar-refractivity contribution in [3.8, 4) is 0 Å². The van der Waals surface area contributed by atoms with E-state index in [0.717, 1.165) is 15.6 Å². The van der Waals surface area contributed by atoms with E-state index in [1.165, 1.54) is 12.1 Å². The van der Waals surface area contributed by atoms with Crippen LogP contribution in [0.25, 0.3) is 0 Å². The SMILES string of the molecule is CCc1c([N+](=O)[O-])cc(Cl)n1S(=O)(=O)c1ccc(C)cc1. The Bertz CT molecular complexity index is 794. The van der Waals surface area contributed by atoms with E-state index in [4.69, 9.17) is 11.6 Å². The molecule has 0 saturated carbocycles. The smallest absolute Gasteiger partial charge is 0.258 e. The van der Waals surface area contributed by atoms with Gasteiger partial charge in [0.1, 0.15) is 10.8 Å². The summed E-state index contributed by atoms with van der Waals surface area (Å²) in [5.41, 5.74) is 0.679. The number of halogens is 1. The maximum absolute atomic E-state index is 12.6. The molecule has 0 bridgehead atoms. The summed E-state index contributed by atoms with van der Waals surface area (Å²) in [4.78, 5) is 10.4. The van der Waals surface area contributed by atoms with E-state index in [9.17, 15) is 18.5 Å². The Hall–Kier alpha value is -1.86. The van der Waals surface area contributed by atoms with Crippen molar-refractivity contribution in [1.82, 2.24) is 3.97 Å². The molecule has 1 aromatic carbocycles. The summed E-state index contributed by atoms with van der Waals surface area (Å²) in [5, 5.41) is 10.8. The van der Waals surface area contributed by atoms with E-state index < -0.39 is 14.9 Å². The van der Waals surface area contributed by atoms with Crippen LogP contribution in [0, 0.1) is 17.0 Å². The van der Waals surface area contributed by atoms with Crippen molar-refractivity contribution in [2.45, 2.75) is 25.2 Å². The monoisotopic (exact) mass is 328 g/mol. The van der Waals surface area contributed by atoms with Crippen molar-refractivity contribution >= 4 is 27.3 Å². The summed E-state index contributed by atoms with van der Waals surface area (Å²) in [6, 6.07) is 7.28. The van der Waals surface area contributed by atoms with Crippen LogP contribution in [0.15, 0.2) is 35.2 Å². The van der Waals surface area contributed by atoms with Crippen LogP contribution in [0.4, 0.5) is 5.69 Å². The zero-order chi connectivity index (χ0) is 15.8. The highest BCUT2D eigenvalue weighted by Crippen LogP contribution is 2.31. The molecule has 0 aliphatic rings. The molecule has 0 saturated heterocycles. The highest BCUT2D eigenvalue weighted by atomic mass is 35.5. The number of rotatable bonds is 4. The lowest BCUT2D eigenvalue weighted by Crippen LogP contribution is -2.16. The zero-order valence-electron chi connectivity index (χ0n) is 11.4. The van der Waals surface area contributed by atoms with E-state index >= 15 is 0 Å². The Morgan fingerprint density at radius 2 is 1.86 bits per heavy atom. The summed E-state index contributed by atoms with van der Waals surface area (Å²) in [6.45, 7) is 3.47. The molecular formula is C13H13ClN2O4S. The topological polar surface area (TPSA) is 82.2 Å². The van der Waals surface area contributed by atoms with Crippen LogP contribution < -0.4 is 0 Å². The number of hydrogen-bond donors (Lipinski definition) is 0. The predicted molar refractivity (Wildman–Crippen MR) is 79.2 cm³/mol. The standard InChI is InChI=1S/C13H13ClN2O4S/c1-3-11-12(16(17)18)8-13(14)15(11)21(19,20)10-6-4-9(2)5-7-10/h4-8H,3H2,1-2H3. The first kappa shape index (κ1) is 15.5. The molecule has 0 aliphatic carbocycles. The molecule has 1 aromatic heterocycles. The molecule has 0 atom stereocenters. The second-order valence-corrected chi connectivity index (χ2v) is 6.67. The molecule has 2 aromatic rings. The van der Waals surface area contributed by atoms with Crippen molar-refractivity contribution in [2.75, 3.05) is 0 Å². The van der Waals surface area contributed by atoms with Gasteiger partial charge in [0, 0.05) is 0 Å². The first-order chi connectivity index (χ1) is 9.78. The molecule has 0 aliphatic heterocycles. The van der Waals surface area contributed by atoms with E-state index in [1.807, 2.05) is 6.92 Å². The average molecular weight is 329 g/mol. The molecule has 1 heterocycles. The lowest BCUT2D eigenvalue weighted by atomic mass is 10.2. The molecule has 21 heavy (non-hydrogen) atoms. The van der Waals surface area contributed by atoms with Gasteiger partial charge in [-0.05, 0) is 25.5 Å². The molecule has 0 unspecified atom stereocenters. The zero-order valence-corrected chi connectivity index (χ0v) is 13.0. The average Bonchev–Trinajstić information content (AvgIpc) is 2.76. The Kier molecular flexibility index (Phi) is 4.06. The summed E-state index contributed by atoms with van der Waals surface area (Å²) >= 11 is 5.92. The second kappa shape index (κ2) is 5.50. The molecular weight excluding hydrogens is 316 g/mol. The van der Waals surface area contributed by atoms with Crippen LogP contribution in [-0.2, 0) is 16.4 Å². The molecule has 0 amide bonds. The maximum Gasteiger partial charge on any atom is 0.292 e. The van der Waals surface area contributed by atoms with Gasteiger partial charge in [-0.2, -0.15) is 0 Å². The van der Waals surface area contributed by atoms with Crippen LogP contribution in [0.5, 0.6) is 0 Å². The lowest BCUT2D eigenvalue weighted by molar-refractivity contribution is -0.385. The van der Waals surface area contributed by atoms with Crippen LogP contribution in [-0.4, -0.2) is 17.3 Å². The third-order valence-electron chi connectivity index (χ3n) is 3.08. The molecule has 112 valence electrons. The van der Waals surface area contributed by atoms with Gasteiger partial charge in [-0.3, -0.25) is 10.1 Å². The van der Waals surface area contributed by atoms with Crippen molar-refractivity contribution in [3.05, 3.63) is 56.9 Å². The van der Waals surface area contributed by atoms with Crippen LogP contribution >= 0.6 is 11.6 Å². The van der Waals surface area contributed by atoms with Crippen molar-refractivity contribution in [3.63, 3.8) is 0 Å². The lowest BCUT2D eigenvalue weighted by Gasteiger charge is -2.10. The fourth-order valence-corrected chi connectivity index (χ4v) is 4.01. The van der Waals surface area contributed by atoms with Crippen molar-refractivity contribution in [2.24, 2.45) is 0 Å². The van der Waals surface area contributed by atoms with Crippen LogP contribution in [0.3, 0.4) is 0 Å². The normalized spacial score (nSPS) is 11.6. The molecule has 0 fully saturated rings. The molecule has 2 rings (SSSR count). The third kappa shape index (κ3) is 2.66. The van der Waals surface area contributed by atoms with E-state index in [1.54, 1.807) is 19.1 Å². The summed E-state index contributed by atoms with van der Waals surface area (Å²) < 4.78 is 26.1. The fraction of sp³-hybridized carbons (Fsp3) is 0.231. The first-order valence-electron chi connectivity index (χ1n) is 6.15. The van der Waals surface area contributed by atoms with Gasteiger partial charge in [-0.15, -0.1) is 0 Å². The maximum atomic E-state index is 12.6. The van der Waals surface area contributed by atoms with E-state index in [2.05, 4.69) is 0 Å². The van der Waals surface area contributed by atoms with Gasteiger partial charge in [-0.1, -0.05) is 36.2 Å². The predicted octanol–water partition coefficient (Wildman–Crippen LogP) is 3.16. The minimum absolute atomic E-state index is 0.0372. The molecule has 0 spiro atoms. The molecule has 0 radical (unpaired) electrons. The molecule has 8 heteroatoms. The van der Waals surface area contributed by atoms with Crippen LogP contribution in [0.2, 0.25) is 5.15 Å². The largest absolute Gasteiger partial charge is 0.292 e. The minimum Gasteiger partial charge on any atom is -0.258 e. The Balaban J connectivity index is 2.70. The minimum atomic E-state index is -3.96. The van der Waals surface area contributed by atoms with Gasteiger partial charge in [-0.25, -0.2) is 12.4 Å². The highest BCUT2D eigenvalue weighted by Gasteiger charge is 2.29. The second-order valence-electron chi connectivity index (χ2n) is 4.49. The van der Waals surface area contributed by atoms with Gasteiger partial charge in [0.15, 0.2) is 0 Å². The first-order valence-corrected chi connectivity index (χ1v) is 7.97. The van der Waals surface area contributed by atoms with Gasteiger partial charge in [0.25, 0.3) is 15.7 Å². The van der Waals surface area contributed by atoms with Crippen molar-refractivity contribution in [1.29, 1.82) is 0 Å². The quantitative estimate of drug-likeness (QED) is 0.637. The molecule has 6 nitrogen and oxygen atoms in total. The van der Waals surface area contributed by atoms with Crippen LogP contribution in [0.1, 0.15) is 18.2 Å². The number of benzene rings is 1. The number of aromatic nitrogens is 1. The van der Waals surface area contributed by atoms with Gasteiger partial charge in [0.05, 0.1) is 15.9 Å². The number of nitrogens with zero attached hydrogens (tertiary/aromatic N) is 2. The Labute approximate surface area is 127 Å². The van der Waals surface area contributed by atoms with Crippen molar-refractivity contribution < 1.29 is 13.3 Å². The third-order valence-corrected chi connectivity index (χ3v) is 5.23. The highest BCUT2D eigenvalue weighted by molar-refractivity contribution is 7.90. The van der Waals surface area contributed by atoms with E-state index in [0.29, 0.717) is 0 Å². The Morgan fingerprint density at radius 1 is 1.29 bits per heavy atom. The summed E-state index contributed by atoms with van der Waals surface area (Å²) in [7, 11) is -3.96.